The molecule has 0 saturated carbocycles. The quantitative estimate of drug-likeness (QED) is 0.871. The first kappa shape index (κ1) is 14.6. The van der Waals surface area contributed by atoms with Crippen LogP contribution in [0, 0.1) is 12.8 Å². The van der Waals surface area contributed by atoms with Crippen LogP contribution in [0.5, 0.6) is 5.75 Å². The van der Waals surface area contributed by atoms with Gasteiger partial charge in [-0.3, -0.25) is 0 Å². The topological polar surface area (TPSA) is 29.5 Å². The average Bonchev–Trinajstić information content (AvgIpc) is 2.49. The minimum atomic E-state index is 0.209. The normalized spacial score (nSPS) is 12.2. The zero-order valence-electron chi connectivity index (χ0n) is 12.2. The van der Waals surface area contributed by atoms with Crippen molar-refractivity contribution in [2.24, 2.45) is 5.92 Å². The minimum absolute atomic E-state index is 0.209. The summed E-state index contributed by atoms with van der Waals surface area (Å²) in [5.74, 6) is 1.12. The lowest BCUT2D eigenvalue weighted by atomic mass is 9.91. The molecule has 0 heterocycles. The Labute approximate surface area is 121 Å². The molecule has 20 heavy (non-hydrogen) atoms. The van der Waals surface area contributed by atoms with Gasteiger partial charge < -0.3 is 9.84 Å². The molecule has 0 spiro atoms. The van der Waals surface area contributed by atoms with E-state index in [1.807, 2.05) is 12.1 Å². The molecule has 0 amide bonds. The predicted molar refractivity (Wildman–Crippen MR) is 82.2 cm³/mol. The molecule has 0 aromatic heterocycles. The predicted octanol–water partition coefficient (Wildman–Crippen LogP) is 3.40. The zero-order chi connectivity index (χ0) is 14.4. The first-order valence-electron chi connectivity index (χ1n) is 7.01. The van der Waals surface area contributed by atoms with Crippen LogP contribution < -0.4 is 4.74 Å². The van der Waals surface area contributed by atoms with Gasteiger partial charge in [0.15, 0.2) is 0 Å². The molecule has 0 aliphatic carbocycles. The Bertz CT molecular complexity index is 531. The van der Waals surface area contributed by atoms with Crippen molar-refractivity contribution in [2.75, 3.05) is 13.7 Å². The van der Waals surface area contributed by atoms with Crippen molar-refractivity contribution >= 4 is 0 Å². The second-order valence-electron chi connectivity index (χ2n) is 5.23. The number of hydrogen-bond donors (Lipinski definition) is 1. The van der Waals surface area contributed by atoms with E-state index in [1.54, 1.807) is 7.11 Å². The number of aliphatic hydroxyl groups is 1. The lowest BCUT2D eigenvalue weighted by molar-refractivity contribution is 0.225. The summed E-state index contributed by atoms with van der Waals surface area (Å²) in [6, 6.07) is 16.5. The summed E-state index contributed by atoms with van der Waals surface area (Å²) in [6.07, 6.45) is 1.80. The molecule has 2 heteroatoms. The van der Waals surface area contributed by atoms with Gasteiger partial charge in [-0.15, -0.1) is 0 Å². The Morgan fingerprint density at radius 2 is 1.70 bits per heavy atom. The van der Waals surface area contributed by atoms with E-state index in [4.69, 9.17) is 4.74 Å². The second kappa shape index (κ2) is 7.11. The molecule has 1 atom stereocenters. The van der Waals surface area contributed by atoms with Crippen LogP contribution in [0.25, 0.3) is 0 Å². The molecule has 106 valence electrons. The fourth-order valence-corrected chi connectivity index (χ4v) is 2.45. The van der Waals surface area contributed by atoms with Crippen molar-refractivity contribution in [2.45, 2.75) is 19.8 Å². The highest BCUT2D eigenvalue weighted by atomic mass is 16.5. The number of methoxy groups -OCH3 is 1. The highest BCUT2D eigenvalue weighted by Crippen LogP contribution is 2.19. The monoisotopic (exact) mass is 270 g/mol. The van der Waals surface area contributed by atoms with Crippen molar-refractivity contribution in [3.63, 3.8) is 0 Å². The van der Waals surface area contributed by atoms with Gasteiger partial charge in [-0.25, -0.2) is 0 Å². The Balaban J connectivity index is 2.03. The molecule has 0 saturated heterocycles. The van der Waals surface area contributed by atoms with E-state index in [2.05, 4.69) is 43.3 Å². The Kier molecular flexibility index (Phi) is 5.19. The van der Waals surface area contributed by atoms with E-state index in [1.165, 1.54) is 16.7 Å². The molecule has 1 unspecified atom stereocenters. The van der Waals surface area contributed by atoms with Crippen LogP contribution in [-0.2, 0) is 12.8 Å². The summed E-state index contributed by atoms with van der Waals surface area (Å²) < 4.78 is 5.16. The van der Waals surface area contributed by atoms with Gasteiger partial charge in [0.05, 0.1) is 7.11 Å². The highest BCUT2D eigenvalue weighted by molar-refractivity contribution is 5.29. The summed E-state index contributed by atoms with van der Waals surface area (Å²) in [7, 11) is 1.67. The average molecular weight is 270 g/mol. The molecule has 2 aromatic rings. The maximum absolute atomic E-state index is 9.62. The van der Waals surface area contributed by atoms with Gasteiger partial charge in [-0.1, -0.05) is 36.4 Å². The van der Waals surface area contributed by atoms with Crippen LogP contribution in [0.4, 0.5) is 0 Å². The van der Waals surface area contributed by atoms with E-state index in [0.717, 1.165) is 18.6 Å². The fourth-order valence-electron chi connectivity index (χ4n) is 2.45. The summed E-state index contributed by atoms with van der Waals surface area (Å²) in [5.41, 5.74) is 3.85. The third-order valence-electron chi connectivity index (χ3n) is 3.71. The maximum Gasteiger partial charge on any atom is 0.118 e. The van der Waals surface area contributed by atoms with Crippen molar-refractivity contribution in [3.05, 3.63) is 65.2 Å². The standard InChI is InChI=1S/C18H22O2/c1-14-5-3-4-6-17(14)12-16(13-19)11-15-7-9-18(20-2)10-8-15/h3-10,16,19H,11-13H2,1-2H3. The summed E-state index contributed by atoms with van der Waals surface area (Å²) in [5, 5.41) is 9.62. The largest absolute Gasteiger partial charge is 0.497 e. The SMILES string of the molecule is COc1ccc(CC(CO)Cc2ccccc2C)cc1. The first-order valence-corrected chi connectivity index (χ1v) is 7.01. The third-order valence-corrected chi connectivity index (χ3v) is 3.71. The van der Waals surface area contributed by atoms with Crippen LogP contribution in [-0.4, -0.2) is 18.8 Å². The third kappa shape index (κ3) is 3.84. The summed E-state index contributed by atoms with van der Waals surface area (Å²) >= 11 is 0. The van der Waals surface area contributed by atoms with E-state index < -0.39 is 0 Å². The van der Waals surface area contributed by atoms with Gasteiger partial charge in [-0.05, 0) is 54.5 Å². The molecule has 0 aliphatic rings. The number of rotatable bonds is 6. The number of aryl methyl sites for hydroxylation is 1. The van der Waals surface area contributed by atoms with E-state index in [9.17, 15) is 5.11 Å². The zero-order valence-corrected chi connectivity index (χ0v) is 12.2. The fraction of sp³-hybridized carbons (Fsp3) is 0.333. The molecular weight excluding hydrogens is 248 g/mol. The number of ether oxygens (including phenoxy) is 1. The Hall–Kier alpha value is -1.80. The molecule has 0 radical (unpaired) electrons. The van der Waals surface area contributed by atoms with Gasteiger partial charge in [0.25, 0.3) is 0 Å². The van der Waals surface area contributed by atoms with Crippen molar-refractivity contribution in [1.29, 1.82) is 0 Å². The summed E-state index contributed by atoms with van der Waals surface area (Å²) in [6.45, 7) is 2.33. The van der Waals surface area contributed by atoms with Crippen molar-refractivity contribution in [3.8, 4) is 5.75 Å². The number of benzene rings is 2. The molecule has 0 aliphatic heterocycles. The van der Waals surface area contributed by atoms with E-state index in [-0.39, 0.29) is 12.5 Å². The molecule has 0 bridgehead atoms. The van der Waals surface area contributed by atoms with Gasteiger partial charge in [0.2, 0.25) is 0 Å². The highest BCUT2D eigenvalue weighted by Gasteiger charge is 2.11. The first-order chi connectivity index (χ1) is 9.72. The van der Waals surface area contributed by atoms with Crippen LogP contribution >= 0.6 is 0 Å². The van der Waals surface area contributed by atoms with Gasteiger partial charge in [0, 0.05) is 6.61 Å². The van der Waals surface area contributed by atoms with Crippen molar-refractivity contribution < 1.29 is 9.84 Å². The molecular formula is C18H22O2. The smallest absolute Gasteiger partial charge is 0.118 e. The van der Waals surface area contributed by atoms with E-state index in [0.29, 0.717) is 0 Å². The lowest BCUT2D eigenvalue weighted by Gasteiger charge is -2.16. The molecule has 0 fully saturated rings. The molecule has 2 nitrogen and oxygen atoms in total. The van der Waals surface area contributed by atoms with Gasteiger partial charge >= 0.3 is 0 Å². The molecule has 2 rings (SSSR count). The van der Waals surface area contributed by atoms with Crippen LogP contribution in [0.15, 0.2) is 48.5 Å². The van der Waals surface area contributed by atoms with E-state index >= 15 is 0 Å². The minimum Gasteiger partial charge on any atom is -0.497 e. The number of hydrogen-bond acceptors (Lipinski definition) is 2. The lowest BCUT2D eigenvalue weighted by Crippen LogP contribution is -2.13. The number of aliphatic hydroxyl groups excluding tert-OH is 1. The van der Waals surface area contributed by atoms with Crippen molar-refractivity contribution in [1.82, 2.24) is 0 Å². The maximum atomic E-state index is 9.62. The van der Waals surface area contributed by atoms with Crippen LogP contribution in [0.3, 0.4) is 0 Å². The van der Waals surface area contributed by atoms with Crippen LogP contribution in [0.2, 0.25) is 0 Å². The Morgan fingerprint density at radius 1 is 1.00 bits per heavy atom. The summed E-state index contributed by atoms with van der Waals surface area (Å²) in [4.78, 5) is 0. The second-order valence-corrected chi connectivity index (χ2v) is 5.23. The molecule has 1 N–H and O–H groups in total. The Morgan fingerprint density at radius 3 is 2.30 bits per heavy atom. The van der Waals surface area contributed by atoms with Gasteiger partial charge in [0.1, 0.15) is 5.75 Å². The van der Waals surface area contributed by atoms with Crippen LogP contribution in [0.1, 0.15) is 16.7 Å². The molecule has 2 aromatic carbocycles. The van der Waals surface area contributed by atoms with Gasteiger partial charge in [-0.2, -0.15) is 0 Å².